The Morgan fingerprint density at radius 3 is 2.10 bits per heavy atom. The Labute approximate surface area is 92.1 Å². The molecule has 53 valence electrons. The van der Waals surface area contributed by atoms with Crippen LogP contribution in [0.4, 0.5) is 0 Å². The van der Waals surface area contributed by atoms with Gasteiger partial charge in [0.15, 0.2) is 0 Å². The van der Waals surface area contributed by atoms with Crippen molar-refractivity contribution >= 4 is 63.7 Å². The number of hydrogen-bond donors (Lipinski definition) is 0. The van der Waals surface area contributed by atoms with Crippen LogP contribution in [0, 0.1) is 6.20 Å². The Hall–Kier alpha value is 1.07. The Morgan fingerprint density at radius 2 is 1.60 bits per heavy atom. The van der Waals surface area contributed by atoms with Gasteiger partial charge in [0.2, 0.25) is 0 Å². The van der Waals surface area contributed by atoms with Gasteiger partial charge in [-0.1, -0.05) is 0 Å². The fourth-order valence-electron chi connectivity index (χ4n) is 0.383. The Balaban J connectivity index is 3.34. The van der Waals surface area contributed by atoms with Crippen LogP contribution in [0.15, 0.2) is 18.0 Å². The topological polar surface area (TPSA) is 12.9 Å². The zero-order valence-corrected chi connectivity index (χ0v) is 10.8. The standard InChI is InChI=1S/C5Br4N/c6-2-1-10-5(9)4(8)3(2)7. The molecule has 0 spiro atoms. The van der Waals surface area contributed by atoms with Gasteiger partial charge in [-0.25, -0.2) is 4.98 Å². The van der Waals surface area contributed by atoms with Crippen molar-refractivity contribution in [1.29, 1.82) is 0 Å². The molecule has 0 bridgehead atoms. The third kappa shape index (κ3) is 1.81. The van der Waals surface area contributed by atoms with Gasteiger partial charge in [0.25, 0.3) is 0 Å². The Bertz CT molecular complexity index is 233. The lowest BCUT2D eigenvalue weighted by Gasteiger charge is -1.98. The lowest BCUT2D eigenvalue weighted by molar-refractivity contribution is 1.21. The molecule has 0 aliphatic rings. The maximum atomic E-state index is 3.91. The zero-order valence-electron chi connectivity index (χ0n) is 4.46. The predicted octanol–water partition coefficient (Wildman–Crippen LogP) is 3.93. The lowest BCUT2D eigenvalue weighted by Crippen LogP contribution is -1.80. The maximum absolute atomic E-state index is 3.91. The van der Waals surface area contributed by atoms with Crippen molar-refractivity contribution in [2.24, 2.45) is 0 Å². The number of aromatic nitrogens is 1. The van der Waals surface area contributed by atoms with Crippen LogP contribution in [0.2, 0.25) is 0 Å². The van der Waals surface area contributed by atoms with Gasteiger partial charge >= 0.3 is 0 Å². The van der Waals surface area contributed by atoms with Gasteiger partial charge < -0.3 is 0 Å². The van der Waals surface area contributed by atoms with Crippen molar-refractivity contribution in [3.8, 4) is 0 Å². The molecular weight excluding hydrogens is 394 g/mol. The zero-order chi connectivity index (χ0) is 7.72. The minimum Gasteiger partial charge on any atom is -0.237 e. The van der Waals surface area contributed by atoms with Gasteiger partial charge in [-0.15, -0.1) is 0 Å². The van der Waals surface area contributed by atoms with Crippen LogP contribution in [-0.4, -0.2) is 4.98 Å². The van der Waals surface area contributed by atoms with Crippen molar-refractivity contribution in [3.63, 3.8) is 0 Å². The van der Waals surface area contributed by atoms with E-state index < -0.39 is 0 Å². The summed E-state index contributed by atoms with van der Waals surface area (Å²) in [7, 11) is 0. The molecule has 0 N–H and O–H groups in total. The summed E-state index contributed by atoms with van der Waals surface area (Å²) in [6.07, 6.45) is 2.75. The molecule has 1 rings (SSSR count). The molecule has 10 heavy (non-hydrogen) atoms. The van der Waals surface area contributed by atoms with E-state index >= 15 is 0 Å². The fraction of sp³-hybridized carbons (Fsp3) is 0. The monoisotopic (exact) mass is 390 g/mol. The Kier molecular flexibility index (Phi) is 3.34. The molecule has 0 unspecified atom stereocenters. The summed E-state index contributed by atoms with van der Waals surface area (Å²) in [5.74, 6) is 0. The normalized spacial score (nSPS) is 10.0. The largest absolute Gasteiger partial charge is 0.237 e. The third-order valence-corrected chi connectivity index (χ3v) is 5.13. The predicted molar refractivity (Wildman–Crippen MR) is 53.9 cm³/mol. The second-order valence-corrected chi connectivity index (χ2v) is 4.59. The van der Waals surface area contributed by atoms with Crippen LogP contribution in [0.1, 0.15) is 0 Å². The minimum absolute atomic E-state index is 0.738. The van der Waals surface area contributed by atoms with Gasteiger partial charge in [-0.05, 0) is 63.7 Å². The summed E-state index contributed by atoms with van der Waals surface area (Å²) < 4.78 is 3.35. The van der Waals surface area contributed by atoms with E-state index in [0.717, 1.165) is 18.0 Å². The number of rotatable bonds is 0. The number of pyridine rings is 1. The molecule has 0 saturated heterocycles. The van der Waals surface area contributed by atoms with Gasteiger partial charge in [0.05, 0.1) is 13.4 Å². The molecule has 0 aliphatic heterocycles. The van der Waals surface area contributed by atoms with E-state index in [1.165, 1.54) is 0 Å². The van der Waals surface area contributed by atoms with Gasteiger partial charge in [-0.2, -0.15) is 0 Å². The molecule has 0 fully saturated rings. The van der Waals surface area contributed by atoms with Gasteiger partial charge in [0.1, 0.15) is 10.8 Å². The molecule has 0 saturated carbocycles. The van der Waals surface area contributed by atoms with Crippen LogP contribution in [-0.2, 0) is 0 Å². The number of halogens is 4. The highest BCUT2D eigenvalue weighted by atomic mass is 79.9. The number of nitrogens with zero attached hydrogens (tertiary/aromatic N) is 1. The van der Waals surface area contributed by atoms with E-state index in [2.05, 4.69) is 74.9 Å². The molecule has 1 heterocycles. The van der Waals surface area contributed by atoms with E-state index in [9.17, 15) is 0 Å². The number of hydrogen-bond acceptors (Lipinski definition) is 1. The molecule has 0 aromatic carbocycles. The summed E-state index contributed by atoms with van der Waals surface area (Å²) in [5, 5.41) is 0. The molecule has 1 aromatic heterocycles. The fourth-order valence-corrected chi connectivity index (χ4v) is 2.05. The van der Waals surface area contributed by atoms with Crippen LogP contribution >= 0.6 is 63.7 Å². The highest BCUT2D eigenvalue weighted by Crippen LogP contribution is 2.33. The molecule has 0 aliphatic carbocycles. The highest BCUT2D eigenvalue weighted by Gasteiger charge is 2.05. The van der Waals surface area contributed by atoms with Crippen molar-refractivity contribution in [2.45, 2.75) is 0 Å². The van der Waals surface area contributed by atoms with Crippen molar-refractivity contribution in [3.05, 3.63) is 24.2 Å². The van der Waals surface area contributed by atoms with E-state index in [1.54, 1.807) is 0 Å². The van der Waals surface area contributed by atoms with E-state index in [1.807, 2.05) is 0 Å². The molecule has 1 aromatic rings. The molecule has 1 radical (unpaired) electrons. The summed E-state index contributed by atoms with van der Waals surface area (Å²) in [6, 6.07) is 0. The average Bonchev–Trinajstić information content (AvgIpc) is 1.93. The third-order valence-electron chi connectivity index (χ3n) is 0.819. The van der Waals surface area contributed by atoms with Crippen LogP contribution in [0.3, 0.4) is 0 Å². The quantitative estimate of drug-likeness (QED) is 0.609. The van der Waals surface area contributed by atoms with Crippen LogP contribution in [0.5, 0.6) is 0 Å². The molecule has 0 amide bonds. The van der Waals surface area contributed by atoms with Crippen molar-refractivity contribution in [1.82, 2.24) is 4.98 Å². The summed E-state index contributed by atoms with van der Waals surface area (Å²) in [5.41, 5.74) is 0. The van der Waals surface area contributed by atoms with Crippen LogP contribution in [0.25, 0.3) is 0 Å². The first-order valence-electron chi connectivity index (χ1n) is 2.20. The van der Waals surface area contributed by atoms with E-state index in [4.69, 9.17) is 0 Å². The second kappa shape index (κ2) is 3.65. The van der Waals surface area contributed by atoms with E-state index in [0.29, 0.717) is 0 Å². The lowest BCUT2D eigenvalue weighted by atomic mass is 10.5. The van der Waals surface area contributed by atoms with Gasteiger partial charge in [0, 0.05) is 0 Å². The summed E-state index contributed by atoms with van der Waals surface area (Å²) in [6.45, 7) is 0. The average molecular weight is 394 g/mol. The smallest absolute Gasteiger partial charge is 0.122 e. The first kappa shape index (κ1) is 9.16. The van der Waals surface area contributed by atoms with E-state index in [-0.39, 0.29) is 0 Å². The second-order valence-electron chi connectivity index (χ2n) is 1.46. The summed E-state index contributed by atoms with van der Waals surface area (Å²) >= 11 is 13.2. The molecule has 5 heteroatoms. The molecule has 1 nitrogen and oxygen atoms in total. The first-order chi connectivity index (χ1) is 4.63. The SMILES string of the molecule is Brc1[c]nc(Br)c(Br)c1Br. The van der Waals surface area contributed by atoms with Crippen molar-refractivity contribution < 1.29 is 0 Å². The maximum Gasteiger partial charge on any atom is 0.122 e. The van der Waals surface area contributed by atoms with Crippen LogP contribution < -0.4 is 0 Å². The van der Waals surface area contributed by atoms with Gasteiger partial charge in [-0.3, -0.25) is 0 Å². The van der Waals surface area contributed by atoms with Crippen molar-refractivity contribution in [2.75, 3.05) is 0 Å². The molecule has 0 atom stereocenters. The first-order valence-corrected chi connectivity index (χ1v) is 5.38. The Morgan fingerprint density at radius 1 is 1.00 bits per heavy atom. The summed E-state index contributed by atoms with van der Waals surface area (Å²) in [4.78, 5) is 3.91. The molecular formula is C5Br4N. The minimum atomic E-state index is 0.738. The highest BCUT2D eigenvalue weighted by molar-refractivity contribution is 9.15.